The molecule has 0 aliphatic heterocycles. The number of ether oxygens (including phenoxy) is 2. The molecule has 1 heterocycles. The molecule has 2 aromatic rings. The summed E-state index contributed by atoms with van der Waals surface area (Å²) in [5, 5.41) is 0. The molecule has 0 spiro atoms. The van der Waals surface area contributed by atoms with Gasteiger partial charge in [-0.2, -0.15) is 0 Å². The first-order chi connectivity index (χ1) is 8.70. The van der Waals surface area contributed by atoms with Crippen molar-refractivity contribution in [3.05, 3.63) is 58.0 Å². The van der Waals surface area contributed by atoms with E-state index in [9.17, 15) is 4.79 Å². The van der Waals surface area contributed by atoms with Crippen LogP contribution in [0.15, 0.2) is 41.3 Å². The molecule has 0 atom stereocenters. The number of benzene rings is 1. The average molecular weight is 245 g/mol. The SMILES string of the molecule is COc1cccc(COc2c(C)[nH]ccc2=O)c1. The van der Waals surface area contributed by atoms with Crippen molar-refractivity contribution in [2.45, 2.75) is 13.5 Å². The lowest BCUT2D eigenvalue weighted by Gasteiger charge is -2.08. The summed E-state index contributed by atoms with van der Waals surface area (Å²) in [6.07, 6.45) is 1.61. The molecule has 0 bridgehead atoms. The standard InChI is InChI=1S/C14H15NO3/c1-10-14(13(16)6-7-15-10)18-9-11-4-3-5-12(8-11)17-2/h3-8H,9H2,1-2H3,(H,15,16). The van der Waals surface area contributed by atoms with E-state index < -0.39 is 0 Å². The molecular weight excluding hydrogens is 230 g/mol. The summed E-state index contributed by atoms with van der Waals surface area (Å²) in [6, 6.07) is 9.01. The third kappa shape index (κ3) is 2.71. The van der Waals surface area contributed by atoms with Gasteiger partial charge >= 0.3 is 0 Å². The minimum atomic E-state index is -0.117. The molecule has 0 amide bonds. The molecule has 0 unspecified atom stereocenters. The van der Waals surface area contributed by atoms with Crippen LogP contribution in [0.25, 0.3) is 0 Å². The van der Waals surface area contributed by atoms with Gasteiger partial charge in [-0.3, -0.25) is 4.79 Å². The van der Waals surface area contributed by atoms with Gasteiger partial charge in [-0.25, -0.2) is 0 Å². The first-order valence-corrected chi connectivity index (χ1v) is 5.64. The Morgan fingerprint density at radius 2 is 2.11 bits per heavy atom. The molecule has 0 fully saturated rings. The van der Waals surface area contributed by atoms with Crippen LogP contribution >= 0.6 is 0 Å². The zero-order valence-corrected chi connectivity index (χ0v) is 10.4. The highest BCUT2D eigenvalue weighted by Crippen LogP contribution is 2.15. The van der Waals surface area contributed by atoms with Gasteiger partial charge in [0.2, 0.25) is 5.43 Å². The van der Waals surface area contributed by atoms with Crippen molar-refractivity contribution >= 4 is 0 Å². The van der Waals surface area contributed by atoms with Crippen LogP contribution in [0.5, 0.6) is 11.5 Å². The summed E-state index contributed by atoms with van der Waals surface area (Å²) in [7, 11) is 1.62. The highest BCUT2D eigenvalue weighted by Gasteiger charge is 2.05. The van der Waals surface area contributed by atoms with Crippen LogP contribution in [0.4, 0.5) is 0 Å². The molecule has 1 N–H and O–H groups in total. The van der Waals surface area contributed by atoms with E-state index in [0.29, 0.717) is 12.4 Å². The number of aryl methyl sites for hydroxylation is 1. The van der Waals surface area contributed by atoms with Crippen molar-refractivity contribution < 1.29 is 9.47 Å². The molecule has 0 saturated carbocycles. The summed E-state index contributed by atoms with van der Waals surface area (Å²) in [6.45, 7) is 2.15. The van der Waals surface area contributed by atoms with Crippen LogP contribution in [-0.4, -0.2) is 12.1 Å². The molecule has 1 aromatic carbocycles. The fourth-order valence-corrected chi connectivity index (χ4v) is 1.67. The van der Waals surface area contributed by atoms with Crippen molar-refractivity contribution in [2.24, 2.45) is 0 Å². The number of methoxy groups -OCH3 is 1. The van der Waals surface area contributed by atoms with Gasteiger partial charge in [-0.05, 0) is 24.6 Å². The molecule has 1 aromatic heterocycles. The molecule has 0 radical (unpaired) electrons. The van der Waals surface area contributed by atoms with Crippen molar-refractivity contribution in [1.29, 1.82) is 0 Å². The maximum Gasteiger partial charge on any atom is 0.223 e. The first kappa shape index (κ1) is 12.2. The van der Waals surface area contributed by atoms with Gasteiger partial charge in [0.15, 0.2) is 5.75 Å². The molecule has 2 rings (SSSR count). The largest absolute Gasteiger partial charge is 0.497 e. The smallest absolute Gasteiger partial charge is 0.223 e. The molecule has 18 heavy (non-hydrogen) atoms. The quantitative estimate of drug-likeness (QED) is 0.899. The van der Waals surface area contributed by atoms with Crippen LogP contribution in [0, 0.1) is 6.92 Å². The Morgan fingerprint density at radius 1 is 1.28 bits per heavy atom. The topological polar surface area (TPSA) is 51.3 Å². The Kier molecular flexibility index (Phi) is 3.67. The summed E-state index contributed by atoms with van der Waals surface area (Å²) < 4.78 is 10.7. The predicted octanol–water partition coefficient (Wildman–Crippen LogP) is 2.27. The van der Waals surface area contributed by atoms with E-state index in [1.807, 2.05) is 31.2 Å². The predicted molar refractivity (Wildman–Crippen MR) is 69.1 cm³/mol. The van der Waals surface area contributed by atoms with Gasteiger partial charge < -0.3 is 14.5 Å². The number of hydrogen-bond donors (Lipinski definition) is 1. The van der Waals surface area contributed by atoms with Crippen LogP contribution in [-0.2, 0) is 6.61 Å². The number of aromatic nitrogens is 1. The summed E-state index contributed by atoms with van der Waals surface area (Å²) in [4.78, 5) is 14.6. The second-order valence-electron chi connectivity index (χ2n) is 3.94. The summed E-state index contributed by atoms with van der Waals surface area (Å²) >= 11 is 0. The van der Waals surface area contributed by atoms with E-state index >= 15 is 0 Å². The van der Waals surface area contributed by atoms with Gasteiger partial charge in [0, 0.05) is 12.3 Å². The minimum absolute atomic E-state index is 0.117. The van der Waals surface area contributed by atoms with Crippen molar-refractivity contribution in [1.82, 2.24) is 4.98 Å². The van der Waals surface area contributed by atoms with Crippen molar-refractivity contribution in [3.63, 3.8) is 0 Å². The maximum atomic E-state index is 11.6. The van der Waals surface area contributed by atoms with E-state index in [0.717, 1.165) is 17.0 Å². The van der Waals surface area contributed by atoms with Crippen LogP contribution in [0.3, 0.4) is 0 Å². The monoisotopic (exact) mass is 245 g/mol. The lowest BCUT2D eigenvalue weighted by molar-refractivity contribution is 0.298. The molecule has 0 saturated heterocycles. The molecule has 4 nitrogen and oxygen atoms in total. The van der Waals surface area contributed by atoms with Crippen LogP contribution in [0.1, 0.15) is 11.3 Å². The van der Waals surface area contributed by atoms with Crippen LogP contribution in [0.2, 0.25) is 0 Å². The fraction of sp³-hybridized carbons (Fsp3) is 0.214. The van der Waals surface area contributed by atoms with E-state index in [1.54, 1.807) is 13.3 Å². The lowest BCUT2D eigenvalue weighted by Crippen LogP contribution is -2.09. The van der Waals surface area contributed by atoms with Gasteiger partial charge in [-0.1, -0.05) is 12.1 Å². The number of aromatic amines is 1. The Labute approximate surface area is 105 Å². The fourth-order valence-electron chi connectivity index (χ4n) is 1.67. The zero-order valence-electron chi connectivity index (χ0n) is 10.4. The number of nitrogens with one attached hydrogen (secondary N) is 1. The third-order valence-electron chi connectivity index (χ3n) is 2.62. The molecular formula is C14H15NO3. The molecule has 0 aliphatic rings. The molecule has 4 heteroatoms. The van der Waals surface area contributed by atoms with E-state index in [2.05, 4.69) is 4.98 Å². The normalized spacial score (nSPS) is 10.1. The summed E-state index contributed by atoms with van der Waals surface area (Å²) in [5.41, 5.74) is 1.57. The number of hydrogen-bond acceptors (Lipinski definition) is 3. The highest BCUT2D eigenvalue weighted by atomic mass is 16.5. The average Bonchev–Trinajstić information content (AvgIpc) is 2.38. The molecule has 94 valence electrons. The molecule has 0 aliphatic carbocycles. The Bertz CT molecular complexity index is 590. The second-order valence-corrected chi connectivity index (χ2v) is 3.94. The van der Waals surface area contributed by atoms with Crippen molar-refractivity contribution in [2.75, 3.05) is 7.11 Å². The zero-order chi connectivity index (χ0) is 13.0. The van der Waals surface area contributed by atoms with E-state index in [4.69, 9.17) is 9.47 Å². The van der Waals surface area contributed by atoms with Gasteiger partial charge in [0.1, 0.15) is 12.4 Å². The third-order valence-corrected chi connectivity index (χ3v) is 2.62. The highest BCUT2D eigenvalue weighted by molar-refractivity contribution is 5.30. The lowest BCUT2D eigenvalue weighted by atomic mass is 10.2. The van der Waals surface area contributed by atoms with Gasteiger partial charge in [-0.15, -0.1) is 0 Å². The number of H-pyrrole nitrogens is 1. The van der Waals surface area contributed by atoms with Crippen molar-refractivity contribution in [3.8, 4) is 11.5 Å². The second kappa shape index (κ2) is 5.40. The number of pyridine rings is 1. The Hall–Kier alpha value is -2.23. The Morgan fingerprint density at radius 3 is 2.83 bits per heavy atom. The van der Waals surface area contributed by atoms with E-state index in [1.165, 1.54) is 6.07 Å². The summed E-state index contributed by atoms with van der Waals surface area (Å²) in [5.74, 6) is 1.13. The van der Waals surface area contributed by atoms with Crippen LogP contribution < -0.4 is 14.9 Å². The van der Waals surface area contributed by atoms with Gasteiger partial charge in [0.25, 0.3) is 0 Å². The minimum Gasteiger partial charge on any atom is -0.497 e. The van der Waals surface area contributed by atoms with E-state index in [-0.39, 0.29) is 5.43 Å². The van der Waals surface area contributed by atoms with Gasteiger partial charge in [0.05, 0.1) is 12.8 Å². The Balaban J connectivity index is 2.14. The maximum absolute atomic E-state index is 11.6. The number of rotatable bonds is 4. The first-order valence-electron chi connectivity index (χ1n) is 5.64.